The van der Waals surface area contributed by atoms with Crippen molar-refractivity contribution in [1.82, 2.24) is 4.90 Å². The standard InChI is InChI=1S/C6H2BrClN3/c7-4-3-11-5(8)1-10-6(11)2-9-4/h2-3H/q+1. The highest BCUT2D eigenvalue weighted by atomic mass is 79.9. The minimum atomic E-state index is 0.461. The van der Waals surface area contributed by atoms with E-state index in [-0.39, 0.29) is 0 Å². The van der Waals surface area contributed by atoms with Gasteiger partial charge in [0, 0.05) is 4.99 Å². The molecule has 0 aromatic rings. The van der Waals surface area contributed by atoms with Crippen LogP contribution < -0.4 is 0 Å². The summed E-state index contributed by atoms with van der Waals surface area (Å²) >= 11 is 8.96. The number of hydrogen-bond donors (Lipinski definition) is 0. The van der Waals surface area contributed by atoms with Gasteiger partial charge >= 0.3 is 11.0 Å². The number of hydrogen-bond acceptors (Lipinski definition) is 3. The highest BCUT2D eigenvalue weighted by Gasteiger charge is 2.31. The smallest absolute Gasteiger partial charge is 0.221 e. The fourth-order valence-electron chi connectivity index (χ4n) is 0.785. The van der Waals surface area contributed by atoms with E-state index in [1.807, 2.05) is 0 Å². The van der Waals surface area contributed by atoms with Crippen LogP contribution in [0.2, 0.25) is 0 Å². The van der Waals surface area contributed by atoms with Crippen molar-refractivity contribution < 1.29 is 0 Å². The van der Waals surface area contributed by atoms with E-state index < -0.39 is 0 Å². The van der Waals surface area contributed by atoms with Crippen LogP contribution in [0.1, 0.15) is 0 Å². The molecule has 2 aliphatic rings. The molecule has 0 N–H and O–H groups in total. The molecule has 11 heavy (non-hydrogen) atoms. The summed E-state index contributed by atoms with van der Waals surface area (Å²) in [5.41, 5.74) is 0. The van der Waals surface area contributed by atoms with Gasteiger partial charge in [-0.05, 0) is 27.5 Å². The molecular weight excluding hydrogens is 229 g/mol. The lowest BCUT2D eigenvalue weighted by Gasteiger charge is -2.06. The van der Waals surface area contributed by atoms with Gasteiger partial charge in [-0.3, -0.25) is 0 Å². The number of rotatable bonds is 0. The van der Waals surface area contributed by atoms with Crippen LogP contribution in [0, 0.1) is 6.20 Å². The first kappa shape index (κ1) is 6.98. The molecule has 0 fully saturated rings. The first-order valence-electron chi connectivity index (χ1n) is 2.84. The molecule has 0 radical (unpaired) electrons. The van der Waals surface area contributed by atoms with Gasteiger partial charge in [0.2, 0.25) is 0 Å². The molecule has 0 aromatic heterocycles. The Morgan fingerprint density at radius 1 is 1.64 bits per heavy atom. The molecule has 0 aliphatic carbocycles. The van der Waals surface area contributed by atoms with Crippen LogP contribution in [0.25, 0.3) is 0 Å². The highest BCUT2D eigenvalue weighted by Crippen LogP contribution is 2.22. The summed E-state index contributed by atoms with van der Waals surface area (Å²) in [5, 5.41) is 0.461. The van der Waals surface area contributed by atoms with Crippen LogP contribution in [0.3, 0.4) is 0 Å². The second-order valence-electron chi connectivity index (χ2n) is 1.95. The van der Waals surface area contributed by atoms with E-state index in [4.69, 9.17) is 11.6 Å². The largest absolute Gasteiger partial charge is 0.310 e. The fraction of sp³-hybridized carbons (Fsp3) is 0. The third-order valence-corrected chi connectivity index (χ3v) is 1.94. The molecule has 54 valence electrons. The predicted molar refractivity (Wildman–Crippen MR) is 47.4 cm³/mol. The quantitative estimate of drug-likeness (QED) is 0.462. The Balaban J connectivity index is 2.39. The third kappa shape index (κ3) is 1.09. The van der Waals surface area contributed by atoms with Gasteiger partial charge in [-0.2, -0.15) is 4.90 Å². The summed E-state index contributed by atoms with van der Waals surface area (Å²) < 4.78 is 0.721. The Morgan fingerprint density at radius 3 is 3.27 bits per heavy atom. The summed E-state index contributed by atoms with van der Waals surface area (Å²) in [4.78, 5) is 9.55. The van der Waals surface area contributed by atoms with Crippen LogP contribution in [0.15, 0.2) is 25.9 Å². The number of halogens is 2. The maximum Gasteiger partial charge on any atom is 0.310 e. The summed E-state index contributed by atoms with van der Waals surface area (Å²) in [7, 11) is 0. The topological polar surface area (TPSA) is 28.0 Å². The molecule has 0 aromatic carbocycles. The molecule has 0 spiro atoms. The lowest BCUT2D eigenvalue weighted by atomic mass is 10.5. The number of nitrogens with zero attached hydrogens (tertiary/aromatic N) is 3. The van der Waals surface area contributed by atoms with E-state index in [0.717, 1.165) is 4.61 Å². The van der Waals surface area contributed by atoms with Crippen molar-refractivity contribution in [1.29, 1.82) is 0 Å². The van der Waals surface area contributed by atoms with Crippen LogP contribution in [0.5, 0.6) is 0 Å². The fourth-order valence-corrected chi connectivity index (χ4v) is 1.27. The molecule has 0 atom stereocenters. The number of aliphatic imine (C=N–C) groups is 2. The van der Waals surface area contributed by atoms with E-state index in [9.17, 15) is 0 Å². The first-order chi connectivity index (χ1) is 5.27. The molecule has 2 rings (SSSR count). The summed E-state index contributed by atoms with van der Waals surface area (Å²) in [6, 6.07) is 0. The van der Waals surface area contributed by atoms with Crippen molar-refractivity contribution >= 4 is 39.6 Å². The summed E-state index contributed by atoms with van der Waals surface area (Å²) in [6.07, 6.45) is 5.98. The Hall–Kier alpha value is -0.700. The van der Waals surface area contributed by atoms with E-state index >= 15 is 0 Å². The molecular formula is C6H2BrClN3+. The second kappa shape index (κ2) is 2.41. The molecule has 2 aliphatic heterocycles. The predicted octanol–water partition coefficient (Wildman–Crippen LogP) is 1.82. The maximum absolute atomic E-state index is 5.74. The van der Waals surface area contributed by atoms with Gasteiger partial charge in [-0.25, -0.2) is 4.99 Å². The van der Waals surface area contributed by atoms with E-state index in [1.165, 1.54) is 0 Å². The minimum absolute atomic E-state index is 0.461. The van der Waals surface area contributed by atoms with Crippen LogP contribution in [0.4, 0.5) is 0 Å². The zero-order valence-corrected chi connectivity index (χ0v) is 7.59. The Bertz CT molecular complexity index is 316. The van der Waals surface area contributed by atoms with Gasteiger partial charge < -0.3 is 0 Å². The monoisotopic (exact) mass is 230 g/mol. The minimum Gasteiger partial charge on any atom is -0.221 e. The molecule has 3 nitrogen and oxygen atoms in total. The van der Waals surface area contributed by atoms with Crippen LogP contribution in [-0.4, -0.2) is 17.0 Å². The maximum atomic E-state index is 5.74. The van der Waals surface area contributed by atoms with Gasteiger partial charge in [0.1, 0.15) is 4.61 Å². The van der Waals surface area contributed by atoms with E-state index in [1.54, 1.807) is 17.3 Å². The number of fused-ring (bicyclic) bond motifs is 1. The molecule has 0 bridgehead atoms. The van der Waals surface area contributed by atoms with E-state index in [0.29, 0.717) is 11.0 Å². The Kier molecular flexibility index (Phi) is 1.53. The summed E-state index contributed by atoms with van der Waals surface area (Å²) in [5.74, 6) is 0.693. The van der Waals surface area contributed by atoms with E-state index in [2.05, 4.69) is 32.1 Å². The first-order valence-corrected chi connectivity index (χ1v) is 4.01. The van der Waals surface area contributed by atoms with Crippen molar-refractivity contribution in [2.75, 3.05) is 0 Å². The van der Waals surface area contributed by atoms with Gasteiger partial charge in [0.25, 0.3) is 6.20 Å². The highest BCUT2D eigenvalue weighted by molar-refractivity contribution is 9.11. The zero-order chi connectivity index (χ0) is 7.84. The third-order valence-electron chi connectivity index (χ3n) is 1.26. The molecule has 5 heteroatoms. The average molecular weight is 231 g/mol. The molecule has 2 heterocycles. The van der Waals surface area contributed by atoms with Crippen LogP contribution >= 0.6 is 27.5 Å². The van der Waals surface area contributed by atoms with Crippen molar-refractivity contribution in [2.24, 2.45) is 9.98 Å². The lowest BCUT2D eigenvalue weighted by Crippen LogP contribution is -2.23. The second-order valence-corrected chi connectivity index (χ2v) is 3.12. The zero-order valence-electron chi connectivity index (χ0n) is 5.25. The van der Waals surface area contributed by atoms with Crippen molar-refractivity contribution in [3.63, 3.8) is 0 Å². The van der Waals surface area contributed by atoms with Crippen LogP contribution in [-0.2, 0) is 0 Å². The van der Waals surface area contributed by atoms with Crippen molar-refractivity contribution in [3.05, 3.63) is 22.2 Å². The summed E-state index contributed by atoms with van der Waals surface area (Å²) in [6.45, 7) is 0. The van der Waals surface area contributed by atoms with Crippen molar-refractivity contribution in [3.8, 4) is 0 Å². The van der Waals surface area contributed by atoms with Gasteiger partial charge in [0.15, 0.2) is 6.21 Å². The van der Waals surface area contributed by atoms with Gasteiger partial charge in [-0.1, -0.05) is 0 Å². The number of amidine groups is 1. The normalized spacial score (nSPS) is 20.2. The SMILES string of the molecule is ClC1=[C+]N=C2C=NC(Br)=CN12. The lowest BCUT2D eigenvalue weighted by molar-refractivity contribution is 0.756. The molecule has 0 saturated carbocycles. The molecule has 0 saturated heterocycles. The average Bonchev–Trinajstić information content (AvgIpc) is 2.33. The molecule has 0 amide bonds. The van der Waals surface area contributed by atoms with Crippen molar-refractivity contribution in [2.45, 2.75) is 0 Å². The van der Waals surface area contributed by atoms with Gasteiger partial charge in [-0.15, -0.1) is 0 Å². The Morgan fingerprint density at radius 2 is 2.45 bits per heavy atom. The Labute approximate surface area is 76.9 Å². The molecule has 0 unspecified atom stereocenters. The van der Waals surface area contributed by atoms with Gasteiger partial charge in [0.05, 0.1) is 6.20 Å².